The standard InChI is InChI=1S/C8H17N3OS/c1-7(8(9)10-12)6-11-2-4-13-5-3-11/h7,12H,2-6H2,1H3,(H2,9,10). The zero-order valence-corrected chi connectivity index (χ0v) is 8.76. The lowest BCUT2D eigenvalue weighted by Gasteiger charge is -2.28. The minimum Gasteiger partial charge on any atom is -0.409 e. The van der Waals surface area contributed by atoms with Crippen LogP contribution < -0.4 is 5.73 Å². The van der Waals surface area contributed by atoms with E-state index in [4.69, 9.17) is 10.9 Å². The van der Waals surface area contributed by atoms with Crippen LogP contribution >= 0.6 is 11.8 Å². The van der Waals surface area contributed by atoms with Crippen LogP contribution in [0, 0.1) is 5.92 Å². The smallest absolute Gasteiger partial charge is 0.143 e. The molecule has 13 heavy (non-hydrogen) atoms. The highest BCUT2D eigenvalue weighted by Gasteiger charge is 2.15. The van der Waals surface area contributed by atoms with Crippen LogP contribution in [0.4, 0.5) is 0 Å². The van der Waals surface area contributed by atoms with E-state index >= 15 is 0 Å². The Morgan fingerprint density at radius 3 is 2.77 bits per heavy atom. The second-order valence-corrected chi connectivity index (χ2v) is 4.56. The van der Waals surface area contributed by atoms with E-state index in [1.807, 2.05) is 18.7 Å². The molecule has 76 valence electrons. The van der Waals surface area contributed by atoms with Gasteiger partial charge >= 0.3 is 0 Å². The highest BCUT2D eigenvalue weighted by molar-refractivity contribution is 7.99. The highest BCUT2D eigenvalue weighted by Crippen LogP contribution is 2.10. The van der Waals surface area contributed by atoms with Crippen molar-refractivity contribution in [3.63, 3.8) is 0 Å². The molecule has 1 heterocycles. The number of nitrogens with zero attached hydrogens (tertiary/aromatic N) is 2. The number of hydrogen-bond acceptors (Lipinski definition) is 4. The predicted molar refractivity (Wildman–Crippen MR) is 56.3 cm³/mol. The van der Waals surface area contributed by atoms with Crippen molar-refractivity contribution >= 4 is 17.6 Å². The van der Waals surface area contributed by atoms with Gasteiger partial charge in [-0.05, 0) is 0 Å². The monoisotopic (exact) mass is 203 g/mol. The first-order valence-electron chi connectivity index (χ1n) is 4.51. The normalized spacial score (nSPS) is 23.0. The number of thioether (sulfide) groups is 1. The molecule has 0 spiro atoms. The van der Waals surface area contributed by atoms with Gasteiger partial charge in [-0.15, -0.1) is 0 Å². The van der Waals surface area contributed by atoms with Gasteiger partial charge in [0.2, 0.25) is 0 Å². The molecule has 1 rings (SSSR count). The number of hydrogen-bond donors (Lipinski definition) is 2. The van der Waals surface area contributed by atoms with Crippen LogP contribution in [0.15, 0.2) is 5.16 Å². The molecular formula is C8H17N3OS. The van der Waals surface area contributed by atoms with Crippen molar-refractivity contribution in [1.82, 2.24) is 4.90 Å². The second-order valence-electron chi connectivity index (χ2n) is 3.34. The average molecular weight is 203 g/mol. The summed E-state index contributed by atoms with van der Waals surface area (Å²) >= 11 is 1.99. The zero-order valence-electron chi connectivity index (χ0n) is 7.94. The summed E-state index contributed by atoms with van der Waals surface area (Å²) in [4.78, 5) is 2.36. The summed E-state index contributed by atoms with van der Waals surface area (Å²) in [5, 5.41) is 11.5. The van der Waals surface area contributed by atoms with E-state index in [9.17, 15) is 0 Å². The SMILES string of the molecule is CC(CN1CCSCC1)/C(N)=N/O. The van der Waals surface area contributed by atoms with Gasteiger partial charge in [0.05, 0.1) is 0 Å². The van der Waals surface area contributed by atoms with Crippen LogP contribution in [-0.4, -0.2) is 47.1 Å². The molecule has 1 aliphatic rings. The van der Waals surface area contributed by atoms with E-state index in [1.165, 1.54) is 11.5 Å². The Balaban J connectivity index is 2.30. The fourth-order valence-electron chi connectivity index (χ4n) is 1.36. The van der Waals surface area contributed by atoms with Gasteiger partial charge in [0.15, 0.2) is 0 Å². The average Bonchev–Trinajstić information content (AvgIpc) is 2.18. The van der Waals surface area contributed by atoms with E-state index in [-0.39, 0.29) is 5.92 Å². The van der Waals surface area contributed by atoms with Gasteiger partial charge < -0.3 is 15.8 Å². The van der Waals surface area contributed by atoms with Crippen molar-refractivity contribution in [3.8, 4) is 0 Å². The molecule has 0 amide bonds. The van der Waals surface area contributed by atoms with Crippen molar-refractivity contribution in [2.24, 2.45) is 16.8 Å². The van der Waals surface area contributed by atoms with Crippen LogP contribution in [0.25, 0.3) is 0 Å². The number of rotatable bonds is 3. The lowest BCUT2D eigenvalue weighted by atomic mass is 10.1. The molecule has 1 aliphatic heterocycles. The fourth-order valence-corrected chi connectivity index (χ4v) is 2.34. The predicted octanol–water partition coefficient (Wildman–Crippen LogP) is 0.418. The van der Waals surface area contributed by atoms with Crippen molar-refractivity contribution < 1.29 is 5.21 Å². The van der Waals surface area contributed by atoms with E-state index in [1.54, 1.807) is 0 Å². The number of nitrogens with two attached hydrogens (primary N) is 1. The molecule has 1 unspecified atom stereocenters. The largest absolute Gasteiger partial charge is 0.409 e. The summed E-state index contributed by atoms with van der Waals surface area (Å²) in [5.41, 5.74) is 5.50. The van der Waals surface area contributed by atoms with Gasteiger partial charge in [-0.2, -0.15) is 11.8 Å². The van der Waals surface area contributed by atoms with Gasteiger partial charge in [0.25, 0.3) is 0 Å². The van der Waals surface area contributed by atoms with Gasteiger partial charge in [-0.25, -0.2) is 0 Å². The molecule has 1 saturated heterocycles. The topological polar surface area (TPSA) is 61.8 Å². The first kappa shape index (κ1) is 10.7. The second kappa shape index (κ2) is 5.34. The molecule has 1 fully saturated rings. The quantitative estimate of drug-likeness (QED) is 0.302. The van der Waals surface area contributed by atoms with Gasteiger partial charge in [-0.3, -0.25) is 0 Å². The van der Waals surface area contributed by atoms with E-state index in [2.05, 4.69) is 10.1 Å². The summed E-state index contributed by atoms with van der Waals surface area (Å²) in [5.74, 6) is 2.87. The maximum absolute atomic E-state index is 8.47. The van der Waals surface area contributed by atoms with Crippen LogP contribution in [0.3, 0.4) is 0 Å². The fraction of sp³-hybridized carbons (Fsp3) is 0.875. The molecule has 0 aromatic heterocycles. The van der Waals surface area contributed by atoms with Crippen LogP contribution in [-0.2, 0) is 0 Å². The highest BCUT2D eigenvalue weighted by atomic mass is 32.2. The minimum absolute atomic E-state index is 0.146. The van der Waals surface area contributed by atoms with Gasteiger partial charge in [-0.1, -0.05) is 12.1 Å². The number of oxime groups is 1. The van der Waals surface area contributed by atoms with Crippen molar-refractivity contribution in [2.45, 2.75) is 6.92 Å². The van der Waals surface area contributed by atoms with E-state index in [0.29, 0.717) is 5.84 Å². The summed E-state index contributed by atoms with van der Waals surface area (Å²) in [6.45, 7) is 5.12. The first-order valence-corrected chi connectivity index (χ1v) is 5.67. The van der Waals surface area contributed by atoms with Gasteiger partial charge in [0.1, 0.15) is 5.84 Å². The Bertz CT molecular complexity index is 180. The third-order valence-corrected chi connectivity index (χ3v) is 3.20. The molecule has 0 aliphatic carbocycles. The molecule has 0 saturated carbocycles. The molecule has 0 aromatic carbocycles. The number of amidine groups is 1. The molecule has 0 aromatic rings. The third-order valence-electron chi connectivity index (χ3n) is 2.26. The molecule has 1 atom stereocenters. The lowest BCUT2D eigenvalue weighted by Crippen LogP contribution is -2.39. The van der Waals surface area contributed by atoms with Crippen LogP contribution in [0.2, 0.25) is 0 Å². The van der Waals surface area contributed by atoms with Crippen molar-refractivity contribution in [3.05, 3.63) is 0 Å². The molecular weight excluding hydrogens is 186 g/mol. The summed E-state index contributed by atoms with van der Waals surface area (Å²) in [7, 11) is 0. The Kier molecular flexibility index (Phi) is 4.38. The zero-order chi connectivity index (χ0) is 9.68. The molecule has 0 bridgehead atoms. The Morgan fingerprint density at radius 1 is 1.62 bits per heavy atom. The summed E-state index contributed by atoms with van der Waals surface area (Å²) in [6, 6.07) is 0. The lowest BCUT2D eigenvalue weighted by molar-refractivity contribution is 0.275. The van der Waals surface area contributed by atoms with Crippen LogP contribution in [0.5, 0.6) is 0 Å². The summed E-state index contributed by atoms with van der Waals surface area (Å²) < 4.78 is 0. The molecule has 5 heteroatoms. The van der Waals surface area contributed by atoms with E-state index < -0.39 is 0 Å². The Morgan fingerprint density at radius 2 is 2.23 bits per heavy atom. The van der Waals surface area contributed by atoms with E-state index in [0.717, 1.165) is 19.6 Å². The third kappa shape index (κ3) is 3.44. The van der Waals surface area contributed by atoms with Crippen molar-refractivity contribution in [1.29, 1.82) is 0 Å². The maximum atomic E-state index is 8.47. The summed E-state index contributed by atoms with van der Waals surface area (Å²) in [6.07, 6.45) is 0. The molecule has 3 N–H and O–H groups in total. The first-order chi connectivity index (χ1) is 6.24. The van der Waals surface area contributed by atoms with Gasteiger partial charge in [0, 0.05) is 37.1 Å². The Hall–Kier alpha value is -0.420. The minimum atomic E-state index is 0.146. The van der Waals surface area contributed by atoms with Crippen molar-refractivity contribution in [2.75, 3.05) is 31.1 Å². The molecule has 0 radical (unpaired) electrons. The maximum Gasteiger partial charge on any atom is 0.143 e. The molecule has 4 nitrogen and oxygen atoms in total. The van der Waals surface area contributed by atoms with Crippen LogP contribution in [0.1, 0.15) is 6.92 Å². The Labute approximate surface area is 83.2 Å².